The van der Waals surface area contributed by atoms with E-state index in [1.165, 1.54) is 19.3 Å². The van der Waals surface area contributed by atoms with Crippen LogP contribution in [0.4, 0.5) is 0 Å². The molecule has 0 N–H and O–H groups in total. The van der Waals surface area contributed by atoms with Gasteiger partial charge in [0.15, 0.2) is 0 Å². The van der Waals surface area contributed by atoms with Crippen LogP contribution in [-0.2, 0) is 18.0 Å². The van der Waals surface area contributed by atoms with Crippen LogP contribution in [0.3, 0.4) is 0 Å². The largest absolute Gasteiger partial charge is 0.498 e. The number of ether oxygens (including phenoxy) is 1. The maximum atomic E-state index is 5.54. The van der Waals surface area contributed by atoms with Gasteiger partial charge in [0.1, 0.15) is 6.79 Å². The average molecular weight is 264 g/mol. The molecule has 0 fully saturated rings. The lowest BCUT2D eigenvalue weighted by molar-refractivity contribution is -0.0428. The van der Waals surface area contributed by atoms with Gasteiger partial charge in [-0.05, 0) is 12.3 Å². The van der Waals surface area contributed by atoms with E-state index in [1.807, 2.05) is 6.55 Å². The summed E-state index contributed by atoms with van der Waals surface area (Å²) in [6, 6.07) is 0. The zero-order valence-electron chi connectivity index (χ0n) is 12.0. The molecular weight excluding hydrogens is 236 g/mol. The zero-order chi connectivity index (χ0) is 13.1. The number of unbranched alkanes of at least 4 members (excludes halogenated alkanes) is 1. The average Bonchev–Trinajstić information content (AvgIpc) is 2.37. The molecular formula is C12H28O4Si. The first-order valence-corrected chi connectivity index (χ1v) is 8.66. The Balaban J connectivity index is 3.67. The number of hydrogen-bond donors (Lipinski definition) is 0. The Morgan fingerprint density at radius 3 is 2.24 bits per heavy atom. The van der Waals surface area contributed by atoms with E-state index in [1.54, 1.807) is 14.2 Å². The van der Waals surface area contributed by atoms with E-state index in [-0.39, 0.29) is 6.79 Å². The second-order valence-corrected chi connectivity index (χ2v) is 7.15. The molecule has 5 heteroatoms. The quantitative estimate of drug-likeness (QED) is 0.326. The smallest absolute Gasteiger partial charge is 0.377 e. The minimum absolute atomic E-state index is 0.257. The molecule has 0 amide bonds. The van der Waals surface area contributed by atoms with Gasteiger partial charge in [0.25, 0.3) is 0 Å². The van der Waals surface area contributed by atoms with Gasteiger partial charge in [-0.1, -0.05) is 33.1 Å². The van der Waals surface area contributed by atoms with E-state index in [9.17, 15) is 0 Å². The minimum atomic E-state index is -2.43. The molecule has 0 spiro atoms. The first-order chi connectivity index (χ1) is 8.11. The topological polar surface area (TPSA) is 36.9 Å². The van der Waals surface area contributed by atoms with Crippen molar-refractivity contribution >= 4 is 8.80 Å². The van der Waals surface area contributed by atoms with Crippen molar-refractivity contribution in [1.29, 1.82) is 0 Å². The fourth-order valence-corrected chi connectivity index (χ4v) is 2.16. The van der Waals surface area contributed by atoms with Crippen LogP contribution in [0.1, 0.15) is 39.5 Å². The third-order valence-corrected chi connectivity index (χ3v) is 5.17. The standard InChI is InChI=1S/C12H28O4Si/c1-6-8-9-12(7-2)10-15-11-16-17(5,13-3)14-4/h12H,6-11H2,1-5H3. The maximum absolute atomic E-state index is 5.54. The lowest BCUT2D eigenvalue weighted by atomic mass is 10.0. The van der Waals surface area contributed by atoms with E-state index in [0.29, 0.717) is 5.92 Å². The Morgan fingerprint density at radius 1 is 1.12 bits per heavy atom. The van der Waals surface area contributed by atoms with Crippen molar-refractivity contribution in [2.75, 3.05) is 27.6 Å². The molecule has 0 aliphatic heterocycles. The fourth-order valence-electron chi connectivity index (χ4n) is 1.46. The molecule has 0 aliphatic carbocycles. The fraction of sp³-hybridized carbons (Fsp3) is 1.00. The Bertz CT molecular complexity index is 174. The molecule has 0 aromatic carbocycles. The summed E-state index contributed by atoms with van der Waals surface area (Å²) in [7, 11) is 0.776. The number of rotatable bonds is 11. The van der Waals surface area contributed by atoms with Gasteiger partial charge in [-0.2, -0.15) is 0 Å². The lowest BCUT2D eigenvalue weighted by Crippen LogP contribution is -2.41. The summed E-state index contributed by atoms with van der Waals surface area (Å²) in [5.41, 5.74) is 0. The zero-order valence-corrected chi connectivity index (χ0v) is 13.0. The molecule has 4 nitrogen and oxygen atoms in total. The first kappa shape index (κ1) is 17.1. The van der Waals surface area contributed by atoms with E-state index in [2.05, 4.69) is 13.8 Å². The predicted octanol–water partition coefficient (Wildman–Crippen LogP) is 3.06. The highest BCUT2D eigenvalue weighted by molar-refractivity contribution is 6.59. The monoisotopic (exact) mass is 264 g/mol. The molecule has 1 atom stereocenters. The summed E-state index contributed by atoms with van der Waals surface area (Å²) in [6.45, 7) is 7.28. The van der Waals surface area contributed by atoms with Crippen LogP contribution in [0.2, 0.25) is 6.55 Å². The van der Waals surface area contributed by atoms with Crippen LogP contribution < -0.4 is 0 Å². The van der Waals surface area contributed by atoms with Crippen LogP contribution in [-0.4, -0.2) is 36.4 Å². The first-order valence-electron chi connectivity index (χ1n) is 6.43. The molecule has 0 radical (unpaired) electrons. The van der Waals surface area contributed by atoms with Gasteiger partial charge in [-0.15, -0.1) is 0 Å². The summed E-state index contributed by atoms with van der Waals surface area (Å²) in [4.78, 5) is 0. The second kappa shape index (κ2) is 10.0. The van der Waals surface area contributed by atoms with Crippen LogP contribution in [0, 0.1) is 5.92 Å². The van der Waals surface area contributed by atoms with Crippen molar-refractivity contribution in [3.63, 3.8) is 0 Å². The third-order valence-electron chi connectivity index (χ3n) is 3.04. The Morgan fingerprint density at radius 2 is 1.76 bits per heavy atom. The normalized spacial score (nSPS) is 13.9. The van der Waals surface area contributed by atoms with Crippen molar-refractivity contribution in [3.8, 4) is 0 Å². The van der Waals surface area contributed by atoms with Crippen molar-refractivity contribution in [3.05, 3.63) is 0 Å². The Kier molecular flexibility index (Phi) is 10.1. The molecule has 104 valence electrons. The third kappa shape index (κ3) is 7.89. The van der Waals surface area contributed by atoms with Crippen LogP contribution in [0.5, 0.6) is 0 Å². The van der Waals surface area contributed by atoms with Gasteiger partial charge in [-0.25, -0.2) is 0 Å². The number of hydrogen-bond acceptors (Lipinski definition) is 4. The van der Waals surface area contributed by atoms with Gasteiger partial charge < -0.3 is 18.0 Å². The summed E-state index contributed by atoms with van der Waals surface area (Å²) in [5, 5.41) is 0. The lowest BCUT2D eigenvalue weighted by Gasteiger charge is -2.22. The van der Waals surface area contributed by atoms with Crippen LogP contribution in [0.15, 0.2) is 0 Å². The van der Waals surface area contributed by atoms with E-state index >= 15 is 0 Å². The van der Waals surface area contributed by atoms with E-state index in [4.69, 9.17) is 18.0 Å². The molecule has 0 bridgehead atoms. The molecule has 0 saturated heterocycles. The van der Waals surface area contributed by atoms with Crippen molar-refractivity contribution in [2.24, 2.45) is 5.92 Å². The SMILES string of the molecule is CCCCC(CC)COCO[Si](C)(OC)OC. The molecule has 17 heavy (non-hydrogen) atoms. The molecule has 0 aromatic rings. The van der Waals surface area contributed by atoms with Crippen molar-refractivity contribution in [1.82, 2.24) is 0 Å². The summed E-state index contributed by atoms with van der Waals surface area (Å²) in [5.74, 6) is 0.636. The molecule has 0 heterocycles. The molecule has 1 unspecified atom stereocenters. The highest BCUT2D eigenvalue weighted by Crippen LogP contribution is 2.13. The highest BCUT2D eigenvalue weighted by Gasteiger charge is 2.31. The van der Waals surface area contributed by atoms with E-state index < -0.39 is 8.80 Å². The maximum Gasteiger partial charge on any atom is 0.498 e. The molecule has 0 saturated carbocycles. The predicted molar refractivity (Wildman–Crippen MR) is 70.8 cm³/mol. The van der Waals surface area contributed by atoms with Gasteiger partial charge in [0, 0.05) is 20.8 Å². The van der Waals surface area contributed by atoms with Crippen molar-refractivity contribution in [2.45, 2.75) is 46.1 Å². The molecule has 0 rings (SSSR count). The Hall–Kier alpha value is 0.0569. The highest BCUT2D eigenvalue weighted by atomic mass is 28.4. The van der Waals surface area contributed by atoms with Gasteiger partial charge in [0.05, 0.1) is 6.61 Å². The van der Waals surface area contributed by atoms with Crippen LogP contribution in [0.25, 0.3) is 0 Å². The molecule has 0 aromatic heterocycles. The Labute approximate surface area is 107 Å². The summed E-state index contributed by atoms with van der Waals surface area (Å²) < 4.78 is 21.4. The van der Waals surface area contributed by atoms with Gasteiger partial charge in [-0.3, -0.25) is 0 Å². The van der Waals surface area contributed by atoms with Crippen molar-refractivity contribution < 1.29 is 18.0 Å². The van der Waals surface area contributed by atoms with Gasteiger partial charge in [0.2, 0.25) is 0 Å². The summed E-state index contributed by atoms with van der Waals surface area (Å²) in [6.07, 6.45) is 4.90. The van der Waals surface area contributed by atoms with Crippen LogP contribution >= 0.6 is 0 Å². The second-order valence-electron chi connectivity index (χ2n) is 4.32. The molecule has 0 aliphatic rings. The summed E-state index contributed by atoms with van der Waals surface area (Å²) >= 11 is 0. The van der Waals surface area contributed by atoms with E-state index in [0.717, 1.165) is 13.0 Å². The minimum Gasteiger partial charge on any atom is -0.377 e. The van der Waals surface area contributed by atoms with Gasteiger partial charge >= 0.3 is 8.80 Å².